The van der Waals surface area contributed by atoms with E-state index in [1.54, 1.807) is 23.2 Å². The normalized spacial score (nSPS) is 15.2. The van der Waals surface area contributed by atoms with E-state index in [-0.39, 0.29) is 11.8 Å². The summed E-state index contributed by atoms with van der Waals surface area (Å²) in [6.07, 6.45) is 6.74. The van der Waals surface area contributed by atoms with Gasteiger partial charge in [-0.25, -0.2) is 0 Å². The summed E-state index contributed by atoms with van der Waals surface area (Å²) in [6, 6.07) is 7.30. The Hall–Kier alpha value is -2.63. The van der Waals surface area contributed by atoms with Crippen LogP contribution in [0.2, 0.25) is 0 Å². The Morgan fingerprint density at radius 2 is 1.88 bits per heavy atom. The highest BCUT2D eigenvalue weighted by Gasteiger charge is 2.23. The summed E-state index contributed by atoms with van der Waals surface area (Å²) in [5, 5.41) is 0. The first kappa shape index (κ1) is 16.2. The molecule has 6 heteroatoms. The van der Waals surface area contributed by atoms with Crippen molar-refractivity contribution in [2.75, 3.05) is 26.2 Å². The van der Waals surface area contributed by atoms with Crippen LogP contribution in [-0.4, -0.2) is 57.3 Å². The lowest BCUT2D eigenvalue weighted by atomic mass is 10.2. The molecule has 2 aromatic rings. The number of aromatic nitrogens is 2. The third kappa shape index (κ3) is 3.82. The third-order valence-corrected chi connectivity index (χ3v) is 4.27. The number of carbonyl (C=O) groups is 2. The Balaban J connectivity index is 1.58. The molecule has 1 saturated heterocycles. The second-order valence-corrected chi connectivity index (χ2v) is 6.10. The predicted molar refractivity (Wildman–Crippen MR) is 90.5 cm³/mol. The monoisotopic (exact) mass is 326 g/mol. The first-order chi connectivity index (χ1) is 11.6. The van der Waals surface area contributed by atoms with Gasteiger partial charge in [0.1, 0.15) is 5.69 Å². The second-order valence-electron chi connectivity index (χ2n) is 6.10. The molecule has 1 aliphatic heterocycles. The van der Waals surface area contributed by atoms with Crippen LogP contribution in [0, 0.1) is 0 Å². The minimum atomic E-state index is -0.0621. The molecule has 24 heavy (non-hydrogen) atoms. The highest BCUT2D eigenvalue weighted by molar-refractivity contribution is 5.92. The molecule has 2 aromatic heterocycles. The minimum Gasteiger partial charge on any atom is -0.357 e. The minimum absolute atomic E-state index is 0.0621. The maximum atomic E-state index is 12.5. The number of hydrogen-bond donors (Lipinski definition) is 0. The summed E-state index contributed by atoms with van der Waals surface area (Å²) in [4.78, 5) is 32.7. The van der Waals surface area contributed by atoms with Gasteiger partial charge >= 0.3 is 0 Å². The molecule has 0 saturated carbocycles. The van der Waals surface area contributed by atoms with E-state index in [1.165, 1.54) is 0 Å². The molecule has 126 valence electrons. The lowest BCUT2D eigenvalue weighted by molar-refractivity contribution is -0.130. The molecule has 2 amide bonds. The summed E-state index contributed by atoms with van der Waals surface area (Å²) in [7, 11) is 1.95. The number of carbonyl (C=O) groups excluding carboxylic acids is 2. The number of aryl methyl sites for hydroxylation is 1. The lowest BCUT2D eigenvalue weighted by Crippen LogP contribution is -2.38. The van der Waals surface area contributed by atoms with Gasteiger partial charge in [-0.3, -0.25) is 14.6 Å². The van der Waals surface area contributed by atoms with Gasteiger partial charge in [-0.15, -0.1) is 0 Å². The smallest absolute Gasteiger partial charge is 0.272 e. The zero-order valence-corrected chi connectivity index (χ0v) is 13.9. The average Bonchev–Trinajstić information content (AvgIpc) is 2.86. The Kier molecular flexibility index (Phi) is 4.93. The van der Waals surface area contributed by atoms with E-state index in [4.69, 9.17) is 0 Å². The van der Waals surface area contributed by atoms with Crippen LogP contribution in [0.4, 0.5) is 0 Å². The largest absolute Gasteiger partial charge is 0.357 e. The van der Waals surface area contributed by atoms with Gasteiger partial charge in [-0.05, 0) is 30.2 Å². The van der Waals surface area contributed by atoms with Crippen molar-refractivity contribution in [1.29, 1.82) is 0 Å². The SMILES string of the molecule is Cn1ccc(CC(=O)N2CCCN(C(=O)c3ccccn3)CC2)c1. The highest BCUT2D eigenvalue weighted by Crippen LogP contribution is 2.10. The van der Waals surface area contributed by atoms with Gasteiger partial charge in [0.15, 0.2) is 0 Å². The van der Waals surface area contributed by atoms with Crippen LogP contribution in [0.25, 0.3) is 0 Å². The molecule has 0 aliphatic carbocycles. The van der Waals surface area contributed by atoms with Gasteiger partial charge in [0, 0.05) is 51.8 Å². The van der Waals surface area contributed by atoms with Gasteiger partial charge in [-0.1, -0.05) is 6.07 Å². The first-order valence-corrected chi connectivity index (χ1v) is 8.22. The van der Waals surface area contributed by atoms with Crippen molar-refractivity contribution in [3.05, 3.63) is 54.1 Å². The van der Waals surface area contributed by atoms with Crippen LogP contribution in [0.15, 0.2) is 42.9 Å². The molecule has 0 N–H and O–H groups in total. The Morgan fingerprint density at radius 3 is 2.58 bits per heavy atom. The summed E-state index contributed by atoms with van der Waals surface area (Å²) in [6.45, 7) is 2.47. The molecule has 3 heterocycles. The van der Waals surface area contributed by atoms with Crippen molar-refractivity contribution in [3.63, 3.8) is 0 Å². The molecule has 1 aliphatic rings. The van der Waals surface area contributed by atoms with E-state index in [0.29, 0.717) is 38.3 Å². The van der Waals surface area contributed by atoms with Crippen molar-refractivity contribution in [1.82, 2.24) is 19.4 Å². The molecule has 0 atom stereocenters. The van der Waals surface area contributed by atoms with Crippen LogP contribution in [0.3, 0.4) is 0 Å². The van der Waals surface area contributed by atoms with Crippen LogP contribution >= 0.6 is 0 Å². The van der Waals surface area contributed by atoms with Gasteiger partial charge < -0.3 is 14.4 Å². The molecule has 0 bridgehead atoms. The number of nitrogens with zero attached hydrogens (tertiary/aromatic N) is 4. The van der Waals surface area contributed by atoms with Crippen molar-refractivity contribution in [2.24, 2.45) is 7.05 Å². The second kappa shape index (κ2) is 7.29. The molecule has 0 radical (unpaired) electrons. The standard InChI is InChI=1S/C18H22N4O2/c1-20-10-6-15(14-20)13-17(23)21-8-4-9-22(12-11-21)18(24)16-5-2-3-7-19-16/h2-3,5-7,10,14H,4,8-9,11-13H2,1H3. The summed E-state index contributed by atoms with van der Waals surface area (Å²) < 4.78 is 1.94. The zero-order chi connectivity index (χ0) is 16.9. The van der Waals surface area contributed by atoms with Crippen LogP contribution in [-0.2, 0) is 18.3 Å². The Labute approximate surface area is 141 Å². The number of pyridine rings is 1. The van der Waals surface area contributed by atoms with Gasteiger partial charge in [-0.2, -0.15) is 0 Å². The number of rotatable bonds is 3. The molecule has 1 fully saturated rings. The van der Waals surface area contributed by atoms with E-state index in [2.05, 4.69) is 4.98 Å². The Bertz CT molecular complexity index is 711. The van der Waals surface area contributed by atoms with Crippen molar-refractivity contribution in [3.8, 4) is 0 Å². The van der Waals surface area contributed by atoms with Crippen molar-refractivity contribution in [2.45, 2.75) is 12.8 Å². The molecular weight excluding hydrogens is 304 g/mol. The lowest BCUT2D eigenvalue weighted by Gasteiger charge is -2.22. The third-order valence-electron chi connectivity index (χ3n) is 4.27. The van der Waals surface area contributed by atoms with Gasteiger partial charge in [0.05, 0.1) is 6.42 Å². The van der Waals surface area contributed by atoms with E-state index in [0.717, 1.165) is 12.0 Å². The highest BCUT2D eigenvalue weighted by atomic mass is 16.2. The topological polar surface area (TPSA) is 58.4 Å². The summed E-state index contributed by atoms with van der Waals surface area (Å²) in [5.41, 5.74) is 1.48. The molecule has 0 unspecified atom stereocenters. The fourth-order valence-corrected chi connectivity index (χ4v) is 2.97. The molecule has 0 aromatic carbocycles. The zero-order valence-electron chi connectivity index (χ0n) is 13.9. The maximum Gasteiger partial charge on any atom is 0.272 e. The van der Waals surface area contributed by atoms with Crippen LogP contribution in [0.1, 0.15) is 22.5 Å². The Morgan fingerprint density at radius 1 is 1.08 bits per heavy atom. The average molecular weight is 326 g/mol. The summed E-state index contributed by atoms with van der Waals surface area (Å²) in [5.74, 6) is 0.0568. The van der Waals surface area contributed by atoms with E-state index in [9.17, 15) is 9.59 Å². The molecular formula is C18H22N4O2. The van der Waals surface area contributed by atoms with Gasteiger partial charge in [0.25, 0.3) is 5.91 Å². The van der Waals surface area contributed by atoms with Gasteiger partial charge in [0.2, 0.25) is 5.91 Å². The molecule has 6 nitrogen and oxygen atoms in total. The number of hydrogen-bond acceptors (Lipinski definition) is 3. The van der Waals surface area contributed by atoms with E-state index < -0.39 is 0 Å². The van der Waals surface area contributed by atoms with Crippen molar-refractivity contribution >= 4 is 11.8 Å². The summed E-state index contributed by atoms with van der Waals surface area (Å²) >= 11 is 0. The fourth-order valence-electron chi connectivity index (χ4n) is 2.97. The quantitative estimate of drug-likeness (QED) is 0.855. The van der Waals surface area contributed by atoms with Crippen molar-refractivity contribution < 1.29 is 9.59 Å². The predicted octanol–water partition coefficient (Wildman–Crippen LogP) is 1.34. The number of amides is 2. The van der Waals surface area contributed by atoms with E-state index in [1.807, 2.05) is 41.0 Å². The first-order valence-electron chi connectivity index (χ1n) is 8.22. The molecule has 0 spiro atoms. The van der Waals surface area contributed by atoms with Crippen LogP contribution in [0.5, 0.6) is 0 Å². The fraction of sp³-hybridized carbons (Fsp3) is 0.389. The van der Waals surface area contributed by atoms with Crippen LogP contribution < -0.4 is 0 Å². The maximum absolute atomic E-state index is 12.5. The molecule has 3 rings (SSSR count). The van der Waals surface area contributed by atoms with E-state index >= 15 is 0 Å².